The number of aromatic nitrogens is 1. The average molecular weight is 269 g/mol. The number of thiazole rings is 1. The predicted molar refractivity (Wildman–Crippen MR) is 79.8 cm³/mol. The van der Waals surface area contributed by atoms with Gasteiger partial charge in [0.2, 0.25) is 0 Å². The number of nitrogens with two attached hydrogens (primary N) is 1. The lowest BCUT2D eigenvalue weighted by atomic mass is 10.0. The Bertz CT molecular complexity index is 336. The van der Waals surface area contributed by atoms with Crippen molar-refractivity contribution in [1.82, 2.24) is 9.88 Å². The third-order valence-corrected chi connectivity index (χ3v) is 3.90. The molecule has 2 unspecified atom stereocenters. The zero-order valence-electron chi connectivity index (χ0n) is 12.1. The maximum atomic E-state index is 5.77. The van der Waals surface area contributed by atoms with Crippen LogP contribution in [-0.4, -0.2) is 29.5 Å². The molecule has 104 valence electrons. The van der Waals surface area contributed by atoms with E-state index in [1.807, 2.05) is 0 Å². The highest BCUT2D eigenvalue weighted by Crippen LogP contribution is 2.13. The van der Waals surface area contributed by atoms with Crippen LogP contribution in [0.1, 0.15) is 43.8 Å². The SMILES string of the molecule is Cc1nc(CN(C)CC(C)CCCC(C)N)cs1. The van der Waals surface area contributed by atoms with Crippen molar-refractivity contribution in [3.63, 3.8) is 0 Å². The first-order chi connectivity index (χ1) is 8.47. The molecule has 0 spiro atoms. The van der Waals surface area contributed by atoms with E-state index in [2.05, 4.69) is 43.1 Å². The summed E-state index contributed by atoms with van der Waals surface area (Å²) in [4.78, 5) is 6.87. The van der Waals surface area contributed by atoms with Crippen molar-refractivity contribution in [3.05, 3.63) is 16.1 Å². The van der Waals surface area contributed by atoms with E-state index in [1.54, 1.807) is 11.3 Å². The van der Waals surface area contributed by atoms with Crippen LogP contribution in [0.25, 0.3) is 0 Å². The van der Waals surface area contributed by atoms with Gasteiger partial charge in [-0.15, -0.1) is 11.3 Å². The maximum Gasteiger partial charge on any atom is 0.0897 e. The van der Waals surface area contributed by atoms with Gasteiger partial charge in [0.05, 0.1) is 10.7 Å². The van der Waals surface area contributed by atoms with Crippen LogP contribution < -0.4 is 5.73 Å². The lowest BCUT2D eigenvalue weighted by Gasteiger charge is -2.20. The molecule has 0 amide bonds. The molecule has 0 bridgehead atoms. The van der Waals surface area contributed by atoms with Gasteiger partial charge in [-0.25, -0.2) is 4.98 Å². The van der Waals surface area contributed by atoms with Crippen LogP contribution in [0.15, 0.2) is 5.38 Å². The van der Waals surface area contributed by atoms with Crippen molar-refractivity contribution in [3.8, 4) is 0 Å². The summed E-state index contributed by atoms with van der Waals surface area (Å²) >= 11 is 1.73. The van der Waals surface area contributed by atoms with Crippen LogP contribution in [0, 0.1) is 12.8 Å². The second kappa shape index (κ2) is 7.87. The summed E-state index contributed by atoms with van der Waals surface area (Å²) in [6, 6.07) is 0.341. The molecule has 0 aliphatic carbocycles. The monoisotopic (exact) mass is 269 g/mol. The Balaban J connectivity index is 2.20. The third kappa shape index (κ3) is 6.47. The highest BCUT2D eigenvalue weighted by Gasteiger charge is 2.09. The Hall–Kier alpha value is -0.450. The van der Waals surface area contributed by atoms with Gasteiger partial charge in [-0.1, -0.05) is 13.3 Å². The van der Waals surface area contributed by atoms with Crippen LogP contribution in [-0.2, 0) is 6.54 Å². The summed E-state index contributed by atoms with van der Waals surface area (Å²) in [6.07, 6.45) is 3.64. The number of nitrogens with zero attached hydrogens (tertiary/aromatic N) is 2. The smallest absolute Gasteiger partial charge is 0.0897 e. The van der Waals surface area contributed by atoms with Gasteiger partial charge in [0.15, 0.2) is 0 Å². The van der Waals surface area contributed by atoms with Gasteiger partial charge in [0.25, 0.3) is 0 Å². The fourth-order valence-corrected chi connectivity index (χ4v) is 2.84. The number of hydrogen-bond acceptors (Lipinski definition) is 4. The van der Waals surface area contributed by atoms with Crippen molar-refractivity contribution < 1.29 is 0 Å². The van der Waals surface area contributed by atoms with Gasteiger partial charge in [-0.05, 0) is 39.7 Å². The van der Waals surface area contributed by atoms with Crippen molar-refractivity contribution in [2.45, 2.75) is 52.6 Å². The quantitative estimate of drug-likeness (QED) is 0.789. The molecule has 0 aromatic carbocycles. The molecule has 0 saturated heterocycles. The van der Waals surface area contributed by atoms with Gasteiger partial charge in [-0.3, -0.25) is 0 Å². The van der Waals surface area contributed by atoms with E-state index in [0.29, 0.717) is 6.04 Å². The Kier molecular flexibility index (Phi) is 6.82. The molecule has 0 aliphatic heterocycles. The van der Waals surface area contributed by atoms with Crippen molar-refractivity contribution in [2.75, 3.05) is 13.6 Å². The van der Waals surface area contributed by atoms with Gasteiger partial charge in [0, 0.05) is 24.5 Å². The van der Waals surface area contributed by atoms with Crippen molar-refractivity contribution in [2.24, 2.45) is 11.7 Å². The summed E-state index contributed by atoms with van der Waals surface area (Å²) in [5.74, 6) is 0.730. The van der Waals surface area contributed by atoms with Crippen LogP contribution in [0.4, 0.5) is 0 Å². The highest BCUT2D eigenvalue weighted by molar-refractivity contribution is 7.09. The molecular weight excluding hydrogens is 242 g/mol. The number of rotatable bonds is 8. The minimum absolute atomic E-state index is 0.341. The van der Waals surface area contributed by atoms with E-state index in [4.69, 9.17) is 5.73 Å². The maximum absolute atomic E-state index is 5.77. The molecule has 2 N–H and O–H groups in total. The summed E-state index contributed by atoms with van der Waals surface area (Å²) < 4.78 is 0. The summed E-state index contributed by atoms with van der Waals surface area (Å²) in [7, 11) is 2.18. The molecule has 1 aromatic heterocycles. The summed E-state index contributed by atoms with van der Waals surface area (Å²) in [6.45, 7) is 8.56. The highest BCUT2D eigenvalue weighted by atomic mass is 32.1. The molecule has 0 radical (unpaired) electrons. The lowest BCUT2D eigenvalue weighted by Crippen LogP contribution is -2.24. The number of hydrogen-bond donors (Lipinski definition) is 1. The van der Waals surface area contributed by atoms with E-state index >= 15 is 0 Å². The van der Waals surface area contributed by atoms with Gasteiger partial charge >= 0.3 is 0 Å². The fourth-order valence-electron chi connectivity index (χ4n) is 2.23. The number of aryl methyl sites for hydroxylation is 1. The van der Waals surface area contributed by atoms with Crippen LogP contribution in [0.2, 0.25) is 0 Å². The van der Waals surface area contributed by atoms with Gasteiger partial charge < -0.3 is 10.6 Å². The van der Waals surface area contributed by atoms with Crippen LogP contribution in [0.5, 0.6) is 0 Å². The minimum atomic E-state index is 0.341. The molecule has 4 heteroatoms. The summed E-state index contributed by atoms with van der Waals surface area (Å²) in [5, 5.41) is 3.32. The molecule has 18 heavy (non-hydrogen) atoms. The second-order valence-corrected chi connectivity index (χ2v) is 6.63. The molecular formula is C14H27N3S. The van der Waals surface area contributed by atoms with Gasteiger partial charge in [0.1, 0.15) is 0 Å². The molecule has 1 heterocycles. The first-order valence-electron chi connectivity index (χ1n) is 6.82. The predicted octanol–water partition coefficient (Wildman–Crippen LogP) is 3.04. The second-order valence-electron chi connectivity index (χ2n) is 5.57. The fraction of sp³-hybridized carbons (Fsp3) is 0.786. The molecule has 0 saturated carbocycles. The third-order valence-electron chi connectivity index (χ3n) is 3.08. The topological polar surface area (TPSA) is 42.2 Å². The normalized spacial score (nSPS) is 15.0. The molecule has 2 atom stereocenters. The standard InChI is InChI=1S/C14H27N3S/c1-11(6-5-7-12(2)15)8-17(4)9-14-10-18-13(3)16-14/h10-12H,5-9,15H2,1-4H3. The van der Waals surface area contributed by atoms with E-state index in [1.165, 1.54) is 18.5 Å². The molecule has 0 aliphatic rings. The van der Waals surface area contributed by atoms with E-state index in [0.717, 1.165) is 30.4 Å². The first-order valence-corrected chi connectivity index (χ1v) is 7.70. The van der Waals surface area contributed by atoms with Crippen molar-refractivity contribution in [1.29, 1.82) is 0 Å². The zero-order chi connectivity index (χ0) is 13.5. The largest absolute Gasteiger partial charge is 0.328 e. The van der Waals surface area contributed by atoms with E-state index in [9.17, 15) is 0 Å². The van der Waals surface area contributed by atoms with Crippen molar-refractivity contribution >= 4 is 11.3 Å². The molecule has 1 rings (SSSR count). The zero-order valence-corrected chi connectivity index (χ0v) is 13.0. The molecule has 3 nitrogen and oxygen atoms in total. The van der Waals surface area contributed by atoms with Crippen LogP contribution in [0.3, 0.4) is 0 Å². The Labute approximate surface area is 115 Å². The van der Waals surface area contributed by atoms with Crippen LogP contribution >= 0.6 is 11.3 Å². The van der Waals surface area contributed by atoms with Gasteiger partial charge in [-0.2, -0.15) is 0 Å². The minimum Gasteiger partial charge on any atom is -0.328 e. The van der Waals surface area contributed by atoms with E-state index < -0.39 is 0 Å². The molecule has 1 aromatic rings. The Morgan fingerprint density at radius 3 is 2.67 bits per heavy atom. The summed E-state index contributed by atoms with van der Waals surface area (Å²) in [5.41, 5.74) is 6.96. The molecule has 0 fully saturated rings. The Morgan fingerprint density at radius 1 is 1.39 bits per heavy atom. The Morgan fingerprint density at radius 2 is 2.11 bits per heavy atom. The average Bonchev–Trinajstić information content (AvgIpc) is 2.62. The lowest BCUT2D eigenvalue weighted by molar-refractivity contribution is 0.265. The first kappa shape index (κ1) is 15.6. The van der Waals surface area contributed by atoms with E-state index in [-0.39, 0.29) is 0 Å².